The van der Waals surface area contributed by atoms with Crippen LogP contribution in [0.3, 0.4) is 0 Å². The highest BCUT2D eigenvalue weighted by Crippen LogP contribution is 2.33. The Morgan fingerprint density at radius 1 is 1.53 bits per heavy atom. The van der Waals surface area contributed by atoms with E-state index in [1.807, 2.05) is 11.8 Å². The fraction of sp³-hybridized carbons (Fsp3) is 0.600. The Morgan fingerprint density at radius 2 is 2.26 bits per heavy atom. The molecule has 0 radical (unpaired) electrons. The molecule has 4 heteroatoms. The summed E-state index contributed by atoms with van der Waals surface area (Å²) in [5.41, 5.74) is 1.17. The van der Waals surface area contributed by atoms with Crippen LogP contribution in [0, 0.1) is 5.82 Å². The second kappa shape index (κ2) is 5.88. The average Bonchev–Trinajstić information content (AvgIpc) is 2.38. The van der Waals surface area contributed by atoms with Gasteiger partial charge in [0.05, 0.1) is 30.5 Å². The molecule has 0 amide bonds. The Labute approximate surface area is 114 Å². The van der Waals surface area contributed by atoms with E-state index in [1.54, 1.807) is 19.1 Å². The van der Waals surface area contributed by atoms with E-state index >= 15 is 0 Å². The molecule has 0 saturated carbocycles. The van der Waals surface area contributed by atoms with Gasteiger partial charge in [-0.1, -0.05) is 19.1 Å². The van der Waals surface area contributed by atoms with E-state index in [9.17, 15) is 9.50 Å². The number of rotatable bonds is 3. The number of aliphatic hydroxyl groups is 1. The predicted molar refractivity (Wildman–Crippen MR) is 73.9 cm³/mol. The lowest BCUT2D eigenvalue weighted by Crippen LogP contribution is -2.49. The molecule has 1 saturated heterocycles. The molecule has 0 bridgehead atoms. The van der Waals surface area contributed by atoms with E-state index in [4.69, 9.17) is 4.74 Å². The summed E-state index contributed by atoms with van der Waals surface area (Å²) in [6.07, 6.45) is 0.283. The van der Waals surface area contributed by atoms with Crippen LogP contribution in [-0.4, -0.2) is 30.4 Å². The van der Waals surface area contributed by atoms with Gasteiger partial charge in [-0.3, -0.25) is 0 Å². The van der Waals surface area contributed by atoms with Crippen molar-refractivity contribution in [3.05, 3.63) is 29.6 Å². The molecule has 1 aromatic carbocycles. The molecule has 1 heterocycles. The van der Waals surface area contributed by atoms with Gasteiger partial charge in [0.15, 0.2) is 0 Å². The third-order valence-electron chi connectivity index (χ3n) is 3.69. The fourth-order valence-corrected chi connectivity index (χ4v) is 2.63. The lowest BCUT2D eigenvalue weighted by Gasteiger charge is -2.41. The molecule has 3 nitrogen and oxygen atoms in total. The third-order valence-corrected chi connectivity index (χ3v) is 3.69. The van der Waals surface area contributed by atoms with Crippen LogP contribution in [0.2, 0.25) is 0 Å². The molecule has 3 atom stereocenters. The molecule has 2 unspecified atom stereocenters. The summed E-state index contributed by atoms with van der Waals surface area (Å²) in [6.45, 7) is 6.98. The van der Waals surface area contributed by atoms with Crippen molar-refractivity contribution in [2.45, 2.75) is 45.4 Å². The zero-order valence-electron chi connectivity index (χ0n) is 11.8. The molecule has 1 N–H and O–H groups in total. The first-order valence-electron chi connectivity index (χ1n) is 6.89. The molecule has 1 fully saturated rings. The van der Waals surface area contributed by atoms with Gasteiger partial charge in [-0.05, 0) is 26.3 Å². The zero-order chi connectivity index (χ0) is 14.0. The number of para-hydroxylation sites is 1. The molecule has 0 spiro atoms. The number of benzene rings is 1. The topological polar surface area (TPSA) is 32.7 Å². The highest BCUT2D eigenvalue weighted by Gasteiger charge is 2.29. The van der Waals surface area contributed by atoms with Crippen molar-refractivity contribution in [1.29, 1.82) is 0 Å². The van der Waals surface area contributed by atoms with E-state index in [1.165, 1.54) is 6.07 Å². The Bertz CT molecular complexity index is 436. The van der Waals surface area contributed by atoms with Gasteiger partial charge in [0, 0.05) is 12.1 Å². The van der Waals surface area contributed by atoms with E-state index in [-0.39, 0.29) is 18.0 Å². The summed E-state index contributed by atoms with van der Waals surface area (Å²) >= 11 is 0. The molecular weight excluding hydrogens is 245 g/mol. The molecule has 2 rings (SSSR count). The second-order valence-electron chi connectivity index (χ2n) is 5.21. The summed E-state index contributed by atoms with van der Waals surface area (Å²) in [5.74, 6) is -0.272. The van der Waals surface area contributed by atoms with Gasteiger partial charge < -0.3 is 14.7 Å². The third kappa shape index (κ3) is 2.90. The van der Waals surface area contributed by atoms with Crippen LogP contribution >= 0.6 is 0 Å². The first kappa shape index (κ1) is 14.3. The number of aliphatic hydroxyl groups excluding tert-OH is 1. The van der Waals surface area contributed by atoms with Gasteiger partial charge in [0.25, 0.3) is 0 Å². The van der Waals surface area contributed by atoms with Crippen molar-refractivity contribution in [2.24, 2.45) is 0 Å². The molecule has 19 heavy (non-hydrogen) atoms. The lowest BCUT2D eigenvalue weighted by molar-refractivity contribution is 0.0294. The second-order valence-corrected chi connectivity index (χ2v) is 5.21. The number of hydrogen-bond donors (Lipinski definition) is 1. The van der Waals surface area contributed by atoms with Crippen LogP contribution in [0.4, 0.5) is 10.1 Å². The summed E-state index contributed by atoms with van der Waals surface area (Å²) in [6, 6.07) is 5.04. The summed E-state index contributed by atoms with van der Waals surface area (Å²) in [5, 5.41) is 9.86. The Hall–Kier alpha value is -1.13. The minimum atomic E-state index is -0.679. The summed E-state index contributed by atoms with van der Waals surface area (Å²) in [4.78, 5) is 2.05. The number of nitrogens with zero attached hydrogens (tertiary/aromatic N) is 1. The maximum Gasteiger partial charge on any atom is 0.146 e. The smallest absolute Gasteiger partial charge is 0.146 e. The van der Waals surface area contributed by atoms with Crippen molar-refractivity contribution in [1.82, 2.24) is 0 Å². The number of ether oxygens (including phenoxy) is 1. The van der Waals surface area contributed by atoms with Crippen molar-refractivity contribution in [3.8, 4) is 0 Å². The zero-order valence-corrected chi connectivity index (χ0v) is 11.8. The monoisotopic (exact) mass is 267 g/mol. The highest BCUT2D eigenvalue weighted by atomic mass is 19.1. The van der Waals surface area contributed by atoms with Gasteiger partial charge in [-0.15, -0.1) is 0 Å². The predicted octanol–water partition coefficient (Wildman–Crippen LogP) is 2.88. The number of hydrogen-bond acceptors (Lipinski definition) is 3. The van der Waals surface area contributed by atoms with Gasteiger partial charge in [-0.2, -0.15) is 0 Å². The molecule has 0 aromatic heterocycles. The van der Waals surface area contributed by atoms with Crippen molar-refractivity contribution < 1.29 is 14.2 Å². The maximum absolute atomic E-state index is 14.2. The largest absolute Gasteiger partial charge is 0.389 e. The van der Waals surface area contributed by atoms with Crippen molar-refractivity contribution in [2.75, 3.05) is 18.1 Å². The molecule has 1 aliphatic heterocycles. The van der Waals surface area contributed by atoms with E-state index < -0.39 is 6.10 Å². The van der Waals surface area contributed by atoms with E-state index in [0.717, 1.165) is 6.42 Å². The first-order valence-corrected chi connectivity index (χ1v) is 6.89. The van der Waals surface area contributed by atoms with Gasteiger partial charge >= 0.3 is 0 Å². The Morgan fingerprint density at radius 3 is 2.89 bits per heavy atom. The van der Waals surface area contributed by atoms with Gasteiger partial charge in [0.2, 0.25) is 0 Å². The average molecular weight is 267 g/mol. The molecule has 106 valence electrons. The van der Waals surface area contributed by atoms with Crippen LogP contribution in [0.1, 0.15) is 38.9 Å². The molecule has 1 aliphatic rings. The number of anilines is 1. The van der Waals surface area contributed by atoms with Crippen LogP contribution in [-0.2, 0) is 4.74 Å². The molecule has 1 aromatic rings. The minimum Gasteiger partial charge on any atom is -0.389 e. The summed E-state index contributed by atoms with van der Waals surface area (Å²) in [7, 11) is 0. The highest BCUT2D eigenvalue weighted by molar-refractivity contribution is 5.57. The van der Waals surface area contributed by atoms with Crippen LogP contribution in [0.5, 0.6) is 0 Å². The van der Waals surface area contributed by atoms with Crippen LogP contribution in [0.15, 0.2) is 18.2 Å². The number of morpholine rings is 1. The van der Waals surface area contributed by atoms with Crippen LogP contribution < -0.4 is 4.90 Å². The maximum atomic E-state index is 14.2. The molecular formula is C15H22FNO2. The van der Waals surface area contributed by atoms with Crippen molar-refractivity contribution >= 4 is 5.69 Å². The fourth-order valence-electron chi connectivity index (χ4n) is 2.63. The van der Waals surface area contributed by atoms with E-state index in [2.05, 4.69) is 6.92 Å². The summed E-state index contributed by atoms with van der Waals surface area (Å²) < 4.78 is 19.9. The van der Waals surface area contributed by atoms with Gasteiger partial charge in [0.1, 0.15) is 5.82 Å². The number of halogens is 1. The van der Waals surface area contributed by atoms with Crippen molar-refractivity contribution in [3.63, 3.8) is 0 Å². The standard InChI is InChI=1S/C15H22FNO2/c1-4-12-9-19-10(2)8-17(12)15-13(11(3)18)6-5-7-14(15)16/h5-7,10-12,18H,4,8-9H2,1-3H3/t10?,11-,12?/m1/s1. The lowest BCUT2D eigenvalue weighted by atomic mass is 10.0. The van der Waals surface area contributed by atoms with E-state index in [0.29, 0.717) is 24.4 Å². The molecule has 0 aliphatic carbocycles. The first-order chi connectivity index (χ1) is 9.04. The minimum absolute atomic E-state index is 0.0734. The SMILES string of the molecule is CCC1COC(C)CN1c1c(F)cccc1[C@@H](C)O. The van der Waals surface area contributed by atoms with Gasteiger partial charge in [-0.25, -0.2) is 4.39 Å². The Balaban J connectivity index is 2.43. The quantitative estimate of drug-likeness (QED) is 0.914. The Kier molecular flexibility index (Phi) is 4.42. The van der Waals surface area contributed by atoms with Crippen LogP contribution in [0.25, 0.3) is 0 Å². The normalized spacial score (nSPS) is 25.4.